The second kappa shape index (κ2) is 6.74. The Morgan fingerprint density at radius 2 is 2.28 bits per heavy atom. The highest BCUT2D eigenvalue weighted by Crippen LogP contribution is 2.20. The van der Waals surface area contributed by atoms with Crippen LogP contribution in [0.25, 0.3) is 0 Å². The molecule has 1 aromatic heterocycles. The first-order valence-electron chi connectivity index (χ1n) is 5.29. The van der Waals surface area contributed by atoms with Gasteiger partial charge in [-0.2, -0.15) is 11.8 Å². The molecule has 0 radical (unpaired) electrons. The first-order chi connectivity index (χ1) is 8.36. The maximum atomic E-state index is 12.1. The Balaban J connectivity index is 2.89. The van der Waals surface area contributed by atoms with Crippen molar-refractivity contribution in [2.75, 3.05) is 17.7 Å². The number of rotatable bonds is 6. The molecule has 1 aromatic rings. The second-order valence-corrected chi connectivity index (χ2v) is 7.42. The Bertz CT molecular complexity index is 508. The predicted octanol–water partition coefficient (Wildman–Crippen LogP) is 1.85. The minimum absolute atomic E-state index is 0.00256. The molecule has 0 saturated heterocycles. The lowest BCUT2D eigenvalue weighted by Gasteiger charge is -2.14. The van der Waals surface area contributed by atoms with E-state index >= 15 is 0 Å². The molecule has 0 aliphatic heterocycles. The summed E-state index contributed by atoms with van der Waals surface area (Å²) in [5.41, 5.74) is 5.60. The van der Waals surface area contributed by atoms with Gasteiger partial charge < -0.3 is 5.73 Å². The van der Waals surface area contributed by atoms with Crippen LogP contribution in [0.5, 0.6) is 0 Å². The molecule has 0 bridgehead atoms. The highest BCUT2D eigenvalue weighted by molar-refractivity contribution is 9.10. The summed E-state index contributed by atoms with van der Waals surface area (Å²) in [5.74, 6) is 0.901. The fourth-order valence-electron chi connectivity index (χ4n) is 1.33. The van der Waals surface area contributed by atoms with E-state index in [4.69, 9.17) is 5.73 Å². The molecule has 102 valence electrons. The number of halogens is 1. The molecule has 1 atom stereocenters. The molecule has 0 spiro atoms. The zero-order valence-electron chi connectivity index (χ0n) is 10.2. The van der Waals surface area contributed by atoms with Crippen LogP contribution in [0.1, 0.15) is 13.3 Å². The largest absolute Gasteiger partial charge is 0.383 e. The molecule has 1 heterocycles. The minimum atomic E-state index is -3.62. The van der Waals surface area contributed by atoms with Crippen LogP contribution < -0.4 is 10.5 Å². The van der Waals surface area contributed by atoms with Gasteiger partial charge in [0.15, 0.2) is 0 Å². The number of anilines is 1. The summed E-state index contributed by atoms with van der Waals surface area (Å²) in [6.07, 6.45) is 4.21. The van der Waals surface area contributed by atoms with Crippen molar-refractivity contribution in [3.8, 4) is 0 Å². The van der Waals surface area contributed by atoms with Gasteiger partial charge in [0, 0.05) is 16.7 Å². The van der Waals surface area contributed by atoms with Crippen molar-refractivity contribution in [1.29, 1.82) is 0 Å². The van der Waals surface area contributed by atoms with Crippen LogP contribution in [0, 0.1) is 0 Å². The second-order valence-electron chi connectivity index (χ2n) is 3.84. The van der Waals surface area contributed by atoms with E-state index in [0.29, 0.717) is 4.47 Å². The molecular weight excluding hydrogens is 338 g/mol. The highest BCUT2D eigenvalue weighted by atomic mass is 79.9. The van der Waals surface area contributed by atoms with Crippen molar-refractivity contribution in [3.05, 3.63) is 16.7 Å². The quantitative estimate of drug-likeness (QED) is 0.814. The van der Waals surface area contributed by atoms with Gasteiger partial charge in [0.25, 0.3) is 0 Å². The number of pyridine rings is 1. The summed E-state index contributed by atoms with van der Waals surface area (Å²) in [7, 11) is -3.62. The van der Waals surface area contributed by atoms with E-state index in [0.717, 1.165) is 12.2 Å². The summed E-state index contributed by atoms with van der Waals surface area (Å²) in [5, 5.41) is 0. The van der Waals surface area contributed by atoms with Crippen molar-refractivity contribution >= 4 is 43.5 Å². The van der Waals surface area contributed by atoms with E-state index in [1.165, 1.54) is 12.3 Å². The number of nitrogen functional groups attached to an aromatic ring is 1. The van der Waals surface area contributed by atoms with Gasteiger partial charge in [0.1, 0.15) is 10.7 Å². The highest BCUT2D eigenvalue weighted by Gasteiger charge is 2.21. The van der Waals surface area contributed by atoms with Crippen molar-refractivity contribution in [3.63, 3.8) is 0 Å². The van der Waals surface area contributed by atoms with Gasteiger partial charge in [-0.05, 0) is 47.3 Å². The molecule has 0 amide bonds. The normalized spacial score (nSPS) is 13.5. The van der Waals surface area contributed by atoms with Crippen LogP contribution in [0.15, 0.2) is 21.6 Å². The SMILES string of the molecule is CSCCC(C)NS(=O)(=O)c1cc(Br)cnc1N. The van der Waals surface area contributed by atoms with Gasteiger partial charge in [0.2, 0.25) is 10.0 Å². The van der Waals surface area contributed by atoms with E-state index in [9.17, 15) is 8.42 Å². The van der Waals surface area contributed by atoms with Crippen molar-refractivity contribution in [1.82, 2.24) is 9.71 Å². The Morgan fingerprint density at radius 3 is 2.89 bits per heavy atom. The summed E-state index contributed by atoms with van der Waals surface area (Å²) in [4.78, 5) is 3.83. The first-order valence-corrected chi connectivity index (χ1v) is 8.96. The average Bonchev–Trinajstić information content (AvgIpc) is 2.29. The van der Waals surface area contributed by atoms with Gasteiger partial charge >= 0.3 is 0 Å². The van der Waals surface area contributed by atoms with Crippen molar-refractivity contribution in [2.45, 2.75) is 24.3 Å². The van der Waals surface area contributed by atoms with E-state index in [1.807, 2.05) is 13.2 Å². The molecule has 0 aromatic carbocycles. The molecule has 8 heteroatoms. The average molecular weight is 354 g/mol. The molecule has 0 saturated carbocycles. The fraction of sp³-hybridized carbons (Fsp3) is 0.500. The minimum Gasteiger partial charge on any atom is -0.383 e. The maximum Gasteiger partial charge on any atom is 0.244 e. The summed E-state index contributed by atoms with van der Waals surface area (Å²) in [6.45, 7) is 1.83. The number of hydrogen-bond acceptors (Lipinski definition) is 5. The van der Waals surface area contributed by atoms with Gasteiger partial charge in [-0.25, -0.2) is 18.1 Å². The standard InChI is InChI=1S/C10H16BrN3O2S2/c1-7(3-4-17-2)14-18(15,16)9-5-8(11)6-13-10(9)12/h5-7,14H,3-4H2,1-2H3,(H2,12,13). The Labute approximate surface area is 120 Å². The van der Waals surface area contributed by atoms with Crippen LogP contribution >= 0.6 is 27.7 Å². The third kappa shape index (κ3) is 4.42. The maximum absolute atomic E-state index is 12.1. The molecule has 5 nitrogen and oxygen atoms in total. The van der Waals surface area contributed by atoms with Crippen LogP contribution in [0.3, 0.4) is 0 Å². The lowest BCUT2D eigenvalue weighted by atomic mass is 10.3. The molecule has 18 heavy (non-hydrogen) atoms. The van der Waals surface area contributed by atoms with Crippen LogP contribution in [0.4, 0.5) is 5.82 Å². The van der Waals surface area contributed by atoms with Gasteiger partial charge in [-0.1, -0.05) is 0 Å². The Hall–Kier alpha value is -0.310. The zero-order valence-corrected chi connectivity index (χ0v) is 13.4. The lowest BCUT2D eigenvalue weighted by molar-refractivity contribution is 0.557. The van der Waals surface area contributed by atoms with Crippen LogP contribution in [-0.2, 0) is 10.0 Å². The molecule has 0 aliphatic carbocycles. The van der Waals surface area contributed by atoms with E-state index in [2.05, 4.69) is 25.6 Å². The number of nitrogens with zero attached hydrogens (tertiary/aromatic N) is 1. The van der Waals surface area contributed by atoms with Gasteiger partial charge in [-0.3, -0.25) is 0 Å². The zero-order chi connectivity index (χ0) is 13.8. The van der Waals surface area contributed by atoms with Gasteiger partial charge in [0.05, 0.1) is 0 Å². The van der Waals surface area contributed by atoms with Crippen LogP contribution in [0.2, 0.25) is 0 Å². The van der Waals surface area contributed by atoms with E-state index < -0.39 is 10.0 Å². The third-order valence-electron chi connectivity index (χ3n) is 2.25. The number of thioether (sulfide) groups is 1. The Morgan fingerprint density at radius 1 is 1.61 bits per heavy atom. The third-order valence-corrected chi connectivity index (χ3v) is 4.95. The molecular formula is C10H16BrN3O2S2. The topological polar surface area (TPSA) is 85.1 Å². The molecule has 1 unspecified atom stereocenters. The lowest BCUT2D eigenvalue weighted by Crippen LogP contribution is -2.33. The van der Waals surface area contributed by atoms with Crippen LogP contribution in [-0.4, -0.2) is 31.5 Å². The van der Waals surface area contributed by atoms with E-state index in [1.54, 1.807) is 11.8 Å². The summed E-state index contributed by atoms with van der Waals surface area (Å²) in [6, 6.07) is 1.31. The summed E-state index contributed by atoms with van der Waals surface area (Å²) >= 11 is 4.86. The molecule has 3 N–H and O–H groups in total. The first kappa shape index (κ1) is 15.7. The van der Waals surface area contributed by atoms with Crippen molar-refractivity contribution < 1.29 is 8.42 Å². The fourth-order valence-corrected chi connectivity index (χ4v) is 3.79. The predicted molar refractivity (Wildman–Crippen MR) is 79.1 cm³/mol. The number of hydrogen-bond donors (Lipinski definition) is 2. The van der Waals surface area contributed by atoms with E-state index in [-0.39, 0.29) is 16.8 Å². The monoisotopic (exact) mass is 353 g/mol. The number of nitrogens with one attached hydrogen (secondary N) is 1. The number of nitrogens with two attached hydrogens (primary N) is 1. The Kier molecular flexibility index (Phi) is 5.90. The van der Waals surface area contributed by atoms with Crippen molar-refractivity contribution in [2.24, 2.45) is 0 Å². The number of aromatic nitrogens is 1. The molecule has 1 rings (SSSR count). The number of sulfonamides is 1. The molecule has 0 fully saturated rings. The summed E-state index contributed by atoms with van der Waals surface area (Å²) < 4.78 is 27.4. The molecule has 0 aliphatic rings. The van der Waals surface area contributed by atoms with Gasteiger partial charge in [-0.15, -0.1) is 0 Å². The smallest absolute Gasteiger partial charge is 0.244 e.